The summed E-state index contributed by atoms with van der Waals surface area (Å²) in [6, 6.07) is 5.45. The van der Waals surface area contributed by atoms with Crippen LogP contribution >= 0.6 is 0 Å². The summed E-state index contributed by atoms with van der Waals surface area (Å²) >= 11 is 0. The first-order valence-electron chi connectivity index (χ1n) is 4.93. The van der Waals surface area contributed by atoms with Crippen LogP contribution in [0.25, 0.3) is 0 Å². The van der Waals surface area contributed by atoms with Crippen molar-refractivity contribution < 1.29 is 4.39 Å². The van der Waals surface area contributed by atoms with Crippen LogP contribution in [0, 0.1) is 18.2 Å². The van der Waals surface area contributed by atoms with E-state index in [2.05, 4.69) is 13.8 Å². The lowest BCUT2D eigenvalue weighted by molar-refractivity contribution is 0.481. The summed E-state index contributed by atoms with van der Waals surface area (Å²) in [6.45, 7) is 5.93. The van der Waals surface area contributed by atoms with Gasteiger partial charge in [0, 0.05) is 11.1 Å². The van der Waals surface area contributed by atoms with Crippen molar-refractivity contribution in [3.05, 3.63) is 35.1 Å². The van der Waals surface area contributed by atoms with Crippen molar-refractivity contribution in [3.63, 3.8) is 0 Å². The van der Waals surface area contributed by atoms with Gasteiger partial charge < -0.3 is 5.73 Å². The molecule has 1 atom stereocenters. The van der Waals surface area contributed by atoms with E-state index in [0.717, 1.165) is 6.42 Å². The smallest absolute Gasteiger partial charge is 0.131 e. The van der Waals surface area contributed by atoms with Gasteiger partial charge in [0.1, 0.15) is 5.82 Å². The van der Waals surface area contributed by atoms with E-state index in [9.17, 15) is 4.39 Å². The fraction of sp³-hybridized carbons (Fsp3) is 0.500. The van der Waals surface area contributed by atoms with Crippen LogP contribution in [0.3, 0.4) is 0 Å². The number of benzene rings is 1. The van der Waals surface area contributed by atoms with E-state index in [-0.39, 0.29) is 11.2 Å². The fourth-order valence-electron chi connectivity index (χ4n) is 2.10. The molecular formula is C12H16FN. The normalized spacial score (nSPS) is 28.9. The lowest BCUT2D eigenvalue weighted by atomic mass is 9.95. The average Bonchev–Trinajstić information content (AvgIpc) is 2.58. The minimum Gasteiger partial charge on any atom is -0.321 e. The van der Waals surface area contributed by atoms with E-state index in [1.54, 1.807) is 19.1 Å². The van der Waals surface area contributed by atoms with E-state index in [0.29, 0.717) is 11.1 Å². The van der Waals surface area contributed by atoms with Crippen molar-refractivity contribution in [2.75, 3.05) is 0 Å². The molecule has 1 aromatic carbocycles. The van der Waals surface area contributed by atoms with Crippen molar-refractivity contribution >= 4 is 0 Å². The molecule has 1 saturated carbocycles. The van der Waals surface area contributed by atoms with Crippen LogP contribution in [0.4, 0.5) is 4.39 Å². The number of nitrogens with two attached hydrogens (primary N) is 1. The molecule has 1 fully saturated rings. The van der Waals surface area contributed by atoms with Crippen LogP contribution < -0.4 is 5.73 Å². The minimum atomic E-state index is -0.455. The Kier molecular flexibility index (Phi) is 1.77. The molecule has 2 rings (SSSR count). The summed E-state index contributed by atoms with van der Waals surface area (Å²) in [5, 5.41) is 0. The van der Waals surface area contributed by atoms with Gasteiger partial charge >= 0.3 is 0 Å². The molecule has 1 aliphatic rings. The van der Waals surface area contributed by atoms with Gasteiger partial charge in [-0.15, -0.1) is 0 Å². The summed E-state index contributed by atoms with van der Waals surface area (Å²) < 4.78 is 13.8. The molecule has 76 valence electrons. The van der Waals surface area contributed by atoms with Crippen molar-refractivity contribution in [2.24, 2.45) is 11.1 Å². The molecule has 0 aliphatic heterocycles. The van der Waals surface area contributed by atoms with E-state index in [1.807, 2.05) is 6.07 Å². The van der Waals surface area contributed by atoms with E-state index in [1.165, 1.54) is 0 Å². The van der Waals surface area contributed by atoms with Crippen molar-refractivity contribution in [1.29, 1.82) is 0 Å². The zero-order chi connectivity index (χ0) is 10.6. The molecule has 1 aromatic rings. The summed E-state index contributed by atoms with van der Waals surface area (Å²) in [5.41, 5.74) is 7.09. The van der Waals surface area contributed by atoms with Crippen LogP contribution in [-0.2, 0) is 5.54 Å². The molecule has 2 heteroatoms. The van der Waals surface area contributed by atoms with Gasteiger partial charge in [0.25, 0.3) is 0 Å². The van der Waals surface area contributed by atoms with Crippen LogP contribution in [0.1, 0.15) is 31.4 Å². The fourth-order valence-corrected chi connectivity index (χ4v) is 2.10. The number of hydrogen-bond donors (Lipinski definition) is 1. The molecule has 1 nitrogen and oxygen atoms in total. The first-order valence-corrected chi connectivity index (χ1v) is 4.93. The molecule has 1 unspecified atom stereocenters. The van der Waals surface area contributed by atoms with Crippen molar-refractivity contribution in [2.45, 2.75) is 32.7 Å². The molecule has 0 bridgehead atoms. The molecule has 1 aliphatic carbocycles. The molecule has 0 aromatic heterocycles. The number of hydrogen-bond acceptors (Lipinski definition) is 1. The van der Waals surface area contributed by atoms with E-state index >= 15 is 0 Å². The van der Waals surface area contributed by atoms with Gasteiger partial charge in [0.15, 0.2) is 0 Å². The largest absolute Gasteiger partial charge is 0.321 e. The molecule has 0 saturated heterocycles. The average molecular weight is 193 g/mol. The predicted octanol–water partition coefficient (Wildman–Crippen LogP) is 2.72. The third-order valence-electron chi connectivity index (χ3n) is 3.48. The number of halogens is 1. The Balaban J connectivity index is 2.49. The molecule has 0 spiro atoms. The number of aryl methyl sites for hydroxylation is 1. The second-order valence-corrected chi connectivity index (χ2v) is 4.97. The Bertz CT molecular complexity index is 384. The lowest BCUT2D eigenvalue weighted by Gasteiger charge is -2.17. The molecular weight excluding hydrogens is 177 g/mol. The highest BCUT2D eigenvalue weighted by atomic mass is 19.1. The molecule has 0 radical (unpaired) electrons. The molecule has 14 heavy (non-hydrogen) atoms. The Morgan fingerprint density at radius 2 is 1.93 bits per heavy atom. The quantitative estimate of drug-likeness (QED) is 0.729. The first kappa shape index (κ1) is 9.66. The van der Waals surface area contributed by atoms with Crippen LogP contribution in [0.15, 0.2) is 18.2 Å². The number of rotatable bonds is 1. The maximum atomic E-state index is 13.8. The monoisotopic (exact) mass is 193 g/mol. The van der Waals surface area contributed by atoms with Gasteiger partial charge in [-0.25, -0.2) is 4.39 Å². The second kappa shape index (κ2) is 2.57. The SMILES string of the molecule is Cc1cccc(C2(N)CC2(C)C)c1F. The van der Waals surface area contributed by atoms with Gasteiger partial charge in [-0.3, -0.25) is 0 Å². The highest BCUT2D eigenvalue weighted by molar-refractivity contribution is 5.38. The van der Waals surface area contributed by atoms with Crippen molar-refractivity contribution in [1.82, 2.24) is 0 Å². The summed E-state index contributed by atoms with van der Waals surface area (Å²) in [4.78, 5) is 0. The Morgan fingerprint density at radius 1 is 1.36 bits per heavy atom. The maximum Gasteiger partial charge on any atom is 0.131 e. The minimum absolute atomic E-state index is 0.0294. The molecule has 0 heterocycles. The van der Waals surface area contributed by atoms with Gasteiger partial charge in [-0.05, 0) is 24.3 Å². The van der Waals surface area contributed by atoms with Crippen LogP contribution in [0.5, 0.6) is 0 Å². The molecule has 2 N–H and O–H groups in total. The standard InChI is InChI=1S/C12H16FN/c1-8-5-4-6-9(10(8)13)12(14)7-11(12,2)3/h4-6H,7,14H2,1-3H3. The lowest BCUT2D eigenvalue weighted by Crippen LogP contribution is -2.27. The highest BCUT2D eigenvalue weighted by Crippen LogP contribution is 2.60. The van der Waals surface area contributed by atoms with E-state index < -0.39 is 5.54 Å². The molecule has 0 amide bonds. The zero-order valence-corrected chi connectivity index (χ0v) is 8.89. The van der Waals surface area contributed by atoms with Gasteiger partial charge in [-0.2, -0.15) is 0 Å². The Hall–Kier alpha value is -0.890. The van der Waals surface area contributed by atoms with Crippen LogP contribution in [0.2, 0.25) is 0 Å². The third kappa shape index (κ3) is 1.10. The predicted molar refractivity (Wildman–Crippen MR) is 55.4 cm³/mol. The Labute approximate surface area is 84.1 Å². The third-order valence-corrected chi connectivity index (χ3v) is 3.48. The summed E-state index contributed by atoms with van der Waals surface area (Å²) in [6.07, 6.45) is 0.861. The topological polar surface area (TPSA) is 26.0 Å². The van der Waals surface area contributed by atoms with E-state index in [4.69, 9.17) is 5.73 Å². The van der Waals surface area contributed by atoms with Crippen LogP contribution in [-0.4, -0.2) is 0 Å². The Morgan fingerprint density at radius 3 is 2.43 bits per heavy atom. The zero-order valence-electron chi connectivity index (χ0n) is 8.89. The second-order valence-electron chi connectivity index (χ2n) is 4.97. The summed E-state index contributed by atoms with van der Waals surface area (Å²) in [7, 11) is 0. The van der Waals surface area contributed by atoms with Gasteiger partial charge in [-0.1, -0.05) is 32.0 Å². The maximum absolute atomic E-state index is 13.8. The van der Waals surface area contributed by atoms with Gasteiger partial charge in [0.05, 0.1) is 0 Å². The first-order chi connectivity index (χ1) is 6.38. The summed E-state index contributed by atoms with van der Waals surface area (Å²) in [5.74, 6) is -0.138. The van der Waals surface area contributed by atoms with Gasteiger partial charge in [0.2, 0.25) is 0 Å². The highest BCUT2D eigenvalue weighted by Gasteiger charge is 2.60. The van der Waals surface area contributed by atoms with Crippen molar-refractivity contribution in [3.8, 4) is 0 Å².